The highest BCUT2D eigenvalue weighted by Crippen LogP contribution is 2.30. The van der Waals surface area contributed by atoms with Gasteiger partial charge in [-0.05, 0) is 47.0 Å². The van der Waals surface area contributed by atoms with Crippen molar-refractivity contribution in [1.82, 2.24) is 10.6 Å². The minimum absolute atomic E-state index is 0.266. The molecule has 1 aliphatic rings. The molecule has 0 heterocycles. The number of rotatable bonds is 6. The van der Waals surface area contributed by atoms with Crippen LogP contribution in [0.4, 0.5) is 4.79 Å². The monoisotopic (exact) mass is 270 g/mol. The summed E-state index contributed by atoms with van der Waals surface area (Å²) in [7, 11) is 0. The molecular formula is C15H30N2O2. The summed E-state index contributed by atoms with van der Waals surface area (Å²) >= 11 is 0. The molecule has 4 nitrogen and oxygen atoms in total. The van der Waals surface area contributed by atoms with Crippen molar-refractivity contribution < 1.29 is 9.53 Å². The molecule has 1 rings (SSSR count). The van der Waals surface area contributed by atoms with Crippen molar-refractivity contribution in [2.24, 2.45) is 5.92 Å². The summed E-state index contributed by atoms with van der Waals surface area (Å²) in [6.07, 6.45) is 5.07. The van der Waals surface area contributed by atoms with Gasteiger partial charge in [0.15, 0.2) is 0 Å². The Kier molecular flexibility index (Phi) is 6.11. The van der Waals surface area contributed by atoms with E-state index in [2.05, 4.69) is 24.5 Å². The summed E-state index contributed by atoms with van der Waals surface area (Å²) < 4.78 is 5.21. The van der Waals surface area contributed by atoms with Gasteiger partial charge < -0.3 is 15.4 Å². The molecule has 0 aromatic carbocycles. The first-order valence-electron chi connectivity index (χ1n) is 7.49. The number of hydrogen-bond donors (Lipinski definition) is 2. The molecule has 0 aromatic heterocycles. The Labute approximate surface area is 117 Å². The molecule has 0 spiro atoms. The molecule has 0 saturated heterocycles. The second-order valence-electron chi connectivity index (χ2n) is 6.88. The second kappa shape index (κ2) is 7.13. The third kappa shape index (κ3) is 7.41. The Morgan fingerprint density at radius 2 is 1.89 bits per heavy atom. The fourth-order valence-electron chi connectivity index (χ4n) is 2.39. The Hall–Kier alpha value is -0.770. The van der Waals surface area contributed by atoms with Crippen LogP contribution in [0.2, 0.25) is 0 Å². The predicted octanol–water partition coefficient (Wildman–Crippen LogP) is 3.07. The highest BCUT2D eigenvalue weighted by atomic mass is 16.6. The van der Waals surface area contributed by atoms with Crippen molar-refractivity contribution in [2.45, 2.75) is 78.0 Å². The first-order chi connectivity index (χ1) is 8.76. The summed E-state index contributed by atoms with van der Waals surface area (Å²) in [4.78, 5) is 11.5. The van der Waals surface area contributed by atoms with Gasteiger partial charge in [0.1, 0.15) is 5.60 Å². The van der Waals surface area contributed by atoms with E-state index >= 15 is 0 Å². The fraction of sp³-hybridized carbons (Fsp3) is 0.933. The van der Waals surface area contributed by atoms with Gasteiger partial charge in [-0.25, -0.2) is 4.79 Å². The van der Waals surface area contributed by atoms with Gasteiger partial charge in [0, 0.05) is 18.6 Å². The number of hydrogen-bond acceptors (Lipinski definition) is 3. The van der Waals surface area contributed by atoms with E-state index in [0.717, 1.165) is 5.92 Å². The molecule has 2 unspecified atom stereocenters. The SMILES string of the molecule is CC(CNC(=O)OC(C)(C)C)NC(C)CC1CCC1. The van der Waals surface area contributed by atoms with Crippen molar-refractivity contribution >= 4 is 6.09 Å². The highest BCUT2D eigenvalue weighted by Gasteiger charge is 2.21. The third-order valence-corrected chi connectivity index (χ3v) is 3.43. The van der Waals surface area contributed by atoms with Crippen LogP contribution in [0.5, 0.6) is 0 Å². The molecule has 0 bridgehead atoms. The van der Waals surface area contributed by atoms with E-state index in [4.69, 9.17) is 4.74 Å². The first kappa shape index (κ1) is 16.3. The molecule has 2 atom stereocenters. The lowest BCUT2D eigenvalue weighted by atomic mass is 9.81. The van der Waals surface area contributed by atoms with Crippen molar-refractivity contribution in [2.75, 3.05) is 6.54 Å². The minimum atomic E-state index is -0.432. The smallest absolute Gasteiger partial charge is 0.407 e. The normalized spacial score (nSPS) is 19.4. The quantitative estimate of drug-likeness (QED) is 0.780. The molecule has 0 aromatic rings. The van der Waals surface area contributed by atoms with Crippen molar-refractivity contribution in [1.29, 1.82) is 0 Å². The van der Waals surface area contributed by atoms with E-state index in [1.165, 1.54) is 25.7 Å². The molecule has 1 amide bonds. The zero-order chi connectivity index (χ0) is 14.5. The van der Waals surface area contributed by atoms with Gasteiger partial charge in [0.05, 0.1) is 0 Å². The van der Waals surface area contributed by atoms with E-state index in [9.17, 15) is 4.79 Å². The van der Waals surface area contributed by atoms with E-state index < -0.39 is 5.60 Å². The molecule has 4 heteroatoms. The number of carbonyl (C=O) groups is 1. The number of carbonyl (C=O) groups excluding carboxylic acids is 1. The number of amides is 1. The second-order valence-corrected chi connectivity index (χ2v) is 6.88. The number of ether oxygens (including phenoxy) is 1. The molecule has 0 radical (unpaired) electrons. The lowest BCUT2D eigenvalue weighted by molar-refractivity contribution is 0.0522. The highest BCUT2D eigenvalue weighted by molar-refractivity contribution is 5.67. The summed E-state index contributed by atoms with van der Waals surface area (Å²) in [6.45, 7) is 10.5. The summed E-state index contributed by atoms with van der Waals surface area (Å²) in [5, 5.41) is 6.33. The molecule has 0 aliphatic heterocycles. The standard InChI is InChI=1S/C15H30N2O2/c1-11(9-13-7-6-8-13)17-12(2)10-16-14(18)19-15(3,4)5/h11-13,17H,6-10H2,1-5H3,(H,16,18). The summed E-state index contributed by atoms with van der Waals surface area (Å²) in [5.74, 6) is 0.911. The summed E-state index contributed by atoms with van der Waals surface area (Å²) in [6, 6.07) is 0.781. The Balaban J connectivity index is 2.12. The maximum absolute atomic E-state index is 11.5. The lowest BCUT2D eigenvalue weighted by Gasteiger charge is -2.30. The van der Waals surface area contributed by atoms with Crippen LogP contribution >= 0.6 is 0 Å². The molecule has 1 fully saturated rings. The van der Waals surface area contributed by atoms with Gasteiger partial charge in [-0.2, -0.15) is 0 Å². The molecule has 2 N–H and O–H groups in total. The average molecular weight is 270 g/mol. The van der Waals surface area contributed by atoms with Crippen LogP contribution in [0.25, 0.3) is 0 Å². The predicted molar refractivity (Wildman–Crippen MR) is 78.3 cm³/mol. The Morgan fingerprint density at radius 1 is 1.26 bits per heavy atom. The van der Waals surface area contributed by atoms with Crippen LogP contribution < -0.4 is 10.6 Å². The van der Waals surface area contributed by atoms with Gasteiger partial charge in [0.25, 0.3) is 0 Å². The largest absolute Gasteiger partial charge is 0.444 e. The van der Waals surface area contributed by atoms with Crippen LogP contribution in [-0.4, -0.2) is 30.3 Å². The maximum atomic E-state index is 11.5. The molecular weight excluding hydrogens is 240 g/mol. The minimum Gasteiger partial charge on any atom is -0.444 e. The molecule has 1 saturated carbocycles. The van der Waals surface area contributed by atoms with E-state index in [1.807, 2.05) is 20.8 Å². The van der Waals surface area contributed by atoms with Gasteiger partial charge >= 0.3 is 6.09 Å². The Morgan fingerprint density at radius 3 is 2.37 bits per heavy atom. The van der Waals surface area contributed by atoms with Crippen LogP contribution in [-0.2, 0) is 4.74 Å². The average Bonchev–Trinajstić information content (AvgIpc) is 2.18. The van der Waals surface area contributed by atoms with Crippen molar-refractivity contribution in [3.05, 3.63) is 0 Å². The van der Waals surface area contributed by atoms with Crippen LogP contribution in [0, 0.1) is 5.92 Å². The van der Waals surface area contributed by atoms with E-state index in [0.29, 0.717) is 12.6 Å². The molecule has 19 heavy (non-hydrogen) atoms. The van der Waals surface area contributed by atoms with E-state index in [-0.39, 0.29) is 12.1 Å². The van der Waals surface area contributed by atoms with Crippen LogP contribution in [0.3, 0.4) is 0 Å². The summed E-state index contributed by atoms with van der Waals surface area (Å²) in [5.41, 5.74) is -0.432. The zero-order valence-electron chi connectivity index (χ0n) is 13.1. The Bertz CT molecular complexity index is 282. The van der Waals surface area contributed by atoms with Gasteiger partial charge in [-0.15, -0.1) is 0 Å². The maximum Gasteiger partial charge on any atom is 0.407 e. The van der Waals surface area contributed by atoms with Gasteiger partial charge in [-0.3, -0.25) is 0 Å². The first-order valence-corrected chi connectivity index (χ1v) is 7.49. The fourth-order valence-corrected chi connectivity index (χ4v) is 2.39. The molecule has 1 aliphatic carbocycles. The zero-order valence-corrected chi connectivity index (χ0v) is 13.1. The number of nitrogens with one attached hydrogen (secondary N) is 2. The number of alkyl carbamates (subject to hydrolysis) is 1. The molecule has 112 valence electrons. The third-order valence-electron chi connectivity index (χ3n) is 3.43. The van der Waals surface area contributed by atoms with Gasteiger partial charge in [0.2, 0.25) is 0 Å². The van der Waals surface area contributed by atoms with Gasteiger partial charge in [-0.1, -0.05) is 19.3 Å². The van der Waals surface area contributed by atoms with Crippen molar-refractivity contribution in [3.8, 4) is 0 Å². The van der Waals surface area contributed by atoms with E-state index in [1.54, 1.807) is 0 Å². The van der Waals surface area contributed by atoms with Crippen molar-refractivity contribution in [3.63, 3.8) is 0 Å². The van der Waals surface area contributed by atoms with Crippen LogP contribution in [0.15, 0.2) is 0 Å². The lowest BCUT2D eigenvalue weighted by Crippen LogP contribution is -2.44. The topological polar surface area (TPSA) is 50.4 Å². The van der Waals surface area contributed by atoms with Crippen LogP contribution in [0.1, 0.15) is 60.3 Å².